The van der Waals surface area contributed by atoms with E-state index < -0.39 is 12.0 Å². The van der Waals surface area contributed by atoms with E-state index in [-0.39, 0.29) is 24.9 Å². The molecule has 142 valence electrons. The lowest BCUT2D eigenvalue weighted by Gasteiger charge is -2.27. The molecule has 1 atom stereocenters. The number of aliphatic carboxylic acids is 1. The molecular formula is C18H24N2O4S2. The van der Waals surface area contributed by atoms with Crippen LogP contribution >= 0.6 is 23.5 Å². The average Bonchev–Trinajstić information content (AvgIpc) is 2.65. The number of amides is 2. The third-order valence-corrected chi connectivity index (χ3v) is 7.08. The van der Waals surface area contributed by atoms with Crippen LogP contribution in [-0.2, 0) is 9.59 Å². The van der Waals surface area contributed by atoms with Crippen molar-refractivity contribution in [3.63, 3.8) is 0 Å². The third-order valence-electron chi connectivity index (χ3n) is 4.07. The first kappa shape index (κ1) is 20.6. The predicted octanol–water partition coefficient (Wildman–Crippen LogP) is 2.61. The van der Waals surface area contributed by atoms with Gasteiger partial charge in [0.1, 0.15) is 6.04 Å². The maximum absolute atomic E-state index is 12.8. The summed E-state index contributed by atoms with van der Waals surface area (Å²) in [4.78, 5) is 36.4. The van der Waals surface area contributed by atoms with Crippen molar-refractivity contribution >= 4 is 41.3 Å². The van der Waals surface area contributed by atoms with Crippen molar-refractivity contribution in [3.8, 4) is 0 Å². The molecule has 1 aromatic carbocycles. The van der Waals surface area contributed by atoms with Crippen LogP contribution in [-0.4, -0.2) is 58.4 Å². The van der Waals surface area contributed by atoms with E-state index in [0.29, 0.717) is 10.1 Å². The van der Waals surface area contributed by atoms with Crippen molar-refractivity contribution in [2.75, 3.05) is 24.6 Å². The Kier molecular flexibility index (Phi) is 7.84. The number of rotatable bonds is 7. The molecule has 1 fully saturated rings. The molecule has 1 aliphatic rings. The van der Waals surface area contributed by atoms with Gasteiger partial charge < -0.3 is 15.3 Å². The smallest absolute Gasteiger partial charge is 0.326 e. The minimum atomic E-state index is -1.08. The lowest BCUT2D eigenvalue weighted by atomic mass is 10.1. The number of nitrogens with zero attached hydrogens (tertiary/aromatic N) is 1. The van der Waals surface area contributed by atoms with Crippen LogP contribution in [0.25, 0.3) is 0 Å². The van der Waals surface area contributed by atoms with Crippen LogP contribution in [0, 0.1) is 0 Å². The first-order valence-corrected chi connectivity index (χ1v) is 10.6. The largest absolute Gasteiger partial charge is 0.480 e. The molecule has 0 aromatic heterocycles. The van der Waals surface area contributed by atoms with E-state index in [2.05, 4.69) is 5.32 Å². The second-order valence-corrected chi connectivity index (χ2v) is 8.77. The fourth-order valence-electron chi connectivity index (χ4n) is 2.59. The van der Waals surface area contributed by atoms with E-state index in [1.165, 1.54) is 30.7 Å². The van der Waals surface area contributed by atoms with Gasteiger partial charge in [0.25, 0.3) is 5.91 Å². The van der Waals surface area contributed by atoms with E-state index in [1.54, 1.807) is 12.1 Å². The van der Waals surface area contributed by atoms with Gasteiger partial charge in [-0.05, 0) is 42.5 Å². The zero-order valence-electron chi connectivity index (χ0n) is 14.9. The van der Waals surface area contributed by atoms with Crippen molar-refractivity contribution in [1.29, 1.82) is 0 Å². The summed E-state index contributed by atoms with van der Waals surface area (Å²) in [5.41, 5.74) is 1.63. The number of benzene rings is 1. The summed E-state index contributed by atoms with van der Waals surface area (Å²) >= 11 is 3.82. The predicted molar refractivity (Wildman–Crippen MR) is 106 cm³/mol. The number of nitrogens with one attached hydrogen (secondary N) is 1. The maximum atomic E-state index is 12.8. The lowest BCUT2D eigenvalue weighted by molar-refractivity contribution is -0.141. The Labute approximate surface area is 162 Å². The SMILES string of the molecule is CC(=O)NCCN(C(=O)c1ccc(C2SCCCS2)cc1)C(C)C(=O)O. The normalized spacial score (nSPS) is 15.9. The molecule has 0 aliphatic carbocycles. The molecule has 8 heteroatoms. The van der Waals surface area contributed by atoms with E-state index >= 15 is 0 Å². The van der Waals surface area contributed by atoms with Gasteiger partial charge in [-0.1, -0.05) is 12.1 Å². The van der Waals surface area contributed by atoms with Crippen LogP contribution in [0.5, 0.6) is 0 Å². The van der Waals surface area contributed by atoms with Crippen LogP contribution < -0.4 is 5.32 Å². The molecule has 1 heterocycles. The fourth-order valence-corrected chi connectivity index (χ4v) is 5.48. The van der Waals surface area contributed by atoms with Crippen LogP contribution in [0.1, 0.15) is 40.8 Å². The van der Waals surface area contributed by atoms with Crippen LogP contribution in [0.15, 0.2) is 24.3 Å². The Morgan fingerprint density at radius 1 is 1.23 bits per heavy atom. The molecule has 1 aromatic rings. The second kappa shape index (κ2) is 9.87. The summed E-state index contributed by atoms with van der Waals surface area (Å²) in [6.45, 7) is 3.21. The second-order valence-electron chi connectivity index (χ2n) is 6.04. The summed E-state index contributed by atoms with van der Waals surface area (Å²) in [7, 11) is 0. The molecule has 1 aliphatic heterocycles. The molecule has 0 radical (unpaired) electrons. The number of carbonyl (C=O) groups is 3. The molecule has 0 bridgehead atoms. The van der Waals surface area contributed by atoms with Gasteiger partial charge in [-0.15, -0.1) is 23.5 Å². The topological polar surface area (TPSA) is 86.7 Å². The van der Waals surface area contributed by atoms with Gasteiger partial charge in [0.2, 0.25) is 5.91 Å². The summed E-state index contributed by atoms with van der Waals surface area (Å²) < 4.78 is 0.390. The Hall–Kier alpha value is -1.67. The highest BCUT2D eigenvalue weighted by Crippen LogP contribution is 2.43. The summed E-state index contributed by atoms with van der Waals surface area (Å²) in [6, 6.07) is 6.43. The number of hydrogen-bond donors (Lipinski definition) is 2. The van der Waals surface area contributed by atoms with Gasteiger partial charge in [0.05, 0.1) is 4.58 Å². The van der Waals surface area contributed by atoms with E-state index in [0.717, 1.165) is 11.5 Å². The van der Waals surface area contributed by atoms with E-state index in [9.17, 15) is 19.5 Å². The monoisotopic (exact) mass is 396 g/mol. The van der Waals surface area contributed by atoms with Gasteiger partial charge in [-0.3, -0.25) is 9.59 Å². The lowest BCUT2D eigenvalue weighted by Crippen LogP contribution is -2.46. The Bertz CT molecular complexity index is 645. The summed E-state index contributed by atoms with van der Waals surface area (Å²) in [5.74, 6) is 0.650. The molecule has 2 rings (SSSR count). The number of carboxylic acids is 1. The van der Waals surface area contributed by atoms with Crippen molar-refractivity contribution < 1.29 is 19.5 Å². The van der Waals surface area contributed by atoms with Crippen molar-refractivity contribution in [3.05, 3.63) is 35.4 Å². The molecule has 1 saturated heterocycles. The van der Waals surface area contributed by atoms with Crippen molar-refractivity contribution in [2.24, 2.45) is 0 Å². The molecular weight excluding hydrogens is 372 g/mol. The summed E-state index contributed by atoms with van der Waals surface area (Å²) in [5, 5.41) is 11.9. The van der Waals surface area contributed by atoms with Gasteiger partial charge in [0.15, 0.2) is 0 Å². The van der Waals surface area contributed by atoms with Crippen LogP contribution in [0.4, 0.5) is 0 Å². The van der Waals surface area contributed by atoms with Gasteiger partial charge >= 0.3 is 5.97 Å². The number of thioether (sulfide) groups is 2. The third kappa shape index (κ3) is 5.67. The minimum Gasteiger partial charge on any atom is -0.480 e. The molecule has 26 heavy (non-hydrogen) atoms. The van der Waals surface area contributed by atoms with Crippen molar-refractivity contribution in [1.82, 2.24) is 10.2 Å². The highest BCUT2D eigenvalue weighted by Gasteiger charge is 2.26. The Morgan fingerprint density at radius 3 is 2.38 bits per heavy atom. The highest BCUT2D eigenvalue weighted by atomic mass is 32.2. The van der Waals surface area contributed by atoms with Gasteiger partial charge in [-0.2, -0.15) is 0 Å². The first-order chi connectivity index (χ1) is 12.4. The zero-order chi connectivity index (χ0) is 19.1. The standard InChI is InChI=1S/C18H24N2O4S2/c1-12(17(23)24)20(9-8-19-13(2)21)16(22)14-4-6-15(7-5-14)18-25-10-3-11-26-18/h4-7,12,18H,3,8-11H2,1-2H3,(H,19,21)(H,23,24). The first-order valence-electron chi connectivity index (χ1n) is 8.51. The minimum absolute atomic E-state index is 0.141. The Balaban J connectivity index is 2.10. The molecule has 0 saturated carbocycles. The van der Waals surface area contributed by atoms with Crippen molar-refractivity contribution in [2.45, 2.75) is 30.9 Å². The Morgan fingerprint density at radius 2 is 1.85 bits per heavy atom. The number of hydrogen-bond acceptors (Lipinski definition) is 5. The number of carbonyl (C=O) groups excluding carboxylic acids is 2. The van der Waals surface area contributed by atoms with Crippen LogP contribution in [0.3, 0.4) is 0 Å². The maximum Gasteiger partial charge on any atom is 0.326 e. The number of carboxylic acid groups (broad SMARTS) is 1. The van der Waals surface area contributed by atoms with E-state index in [1.807, 2.05) is 35.7 Å². The molecule has 0 spiro atoms. The van der Waals surface area contributed by atoms with Gasteiger partial charge in [-0.25, -0.2) is 4.79 Å². The van der Waals surface area contributed by atoms with Gasteiger partial charge in [0, 0.05) is 25.6 Å². The molecule has 1 unspecified atom stereocenters. The summed E-state index contributed by atoms with van der Waals surface area (Å²) in [6.07, 6.45) is 1.22. The zero-order valence-corrected chi connectivity index (χ0v) is 16.6. The fraction of sp³-hybridized carbons (Fsp3) is 0.500. The van der Waals surface area contributed by atoms with E-state index in [4.69, 9.17) is 0 Å². The quantitative estimate of drug-likeness (QED) is 0.737. The molecule has 2 N–H and O–H groups in total. The molecule has 6 nitrogen and oxygen atoms in total. The molecule has 2 amide bonds. The van der Waals surface area contributed by atoms with Crippen LogP contribution in [0.2, 0.25) is 0 Å². The highest BCUT2D eigenvalue weighted by molar-refractivity contribution is 8.16. The average molecular weight is 397 g/mol.